The summed E-state index contributed by atoms with van der Waals surface area (Å²) in [6.07, 6.45) is 3.70. The van der Waals surface area contributed by atoms with E-state index in [0.717, 1.165) is 24.3 Å². The van der Waals surface area contributed by atoms with Gasteiger partial charge < -0.3 is 5.32 Å². The van der Waals surface area contributed by atoms with Crippen LogP contribution in [0.25, 0.3) is 5.82 Å². The number of nitrogens with zero attached hydrogens (tertiary/aromatic N) is 3. The summed E-state index contributed by atoms with van der Waals surface area (Å²) in [6, 6.07) is 3.87. The summed E-state index contributed by atoms with van der Waals surface area (Å²) in [5.74, 6) is 1.30. The number of aryl methyl sites for hydroxylation is 1. The highest BCUT2D eigenvalue weighted by molar-refractivity contribution is 6.32. The van der Waals surface area contributed by atoms with Crippen LogP contribution in [0.15, 0.2) is 24.5 Å². The molecule has 0 aromatic carbocycles. The molecule has 0 unspecified atom stereocenters. The standard InChI is InChI=1S/C14H19ClN4/c1-10(2)7-16-8-12-6-13(15)14(17-9-12)19-5-4-11(3)18-19/h4-6,9-10,16H,7-8H2,1-3H3. The van der Waals surface area contributed by atoms with Gasteiger partial charge in [-0.05, 0) is 37.1 Å². The molecule has 5 heteroatoms. The van der Waals surface area contributed by atoms with Crippen LogP contribution in [0, 0.1) is 12.8 Å². The van der Waals surface area contributed by atoms with Gasteiger partial charge in [-0.15, -0.1) is 0 Å². The fourth-order valence-corrected chi connectivity index (χ4v) is 2.05. The van der Waals surface area contributed by atoms with Crippen LogP contribution in [-0.2, 0) is 6.54 Å². The average Bonchev–Trinajstić information content (AvgIpc) is 2.75. The molecule has 0 bridgehead atoms. The fourth-order valence-electron chi connectivity index (χ4n) is 1.77. The second-order valence-corrected chi connectivity index (χ2v) is 5.48. The molecule has 0 spiro atoms. The number of hydrogen-bond donors (Lipinski definition) is 1. The number of hydrogen-bond acceptors (Lipinski definition) is 3. The summed E-state index contributed by atoms with van der Waals surface area (Å²) in [6.45, 7) is 8.07. The van der Waals surface area contributed by atoms with Crippen LogP contribution in [0.2, 0.25) is 5.02 Å². The molecular formula is C14H19ClN4. The topological polar surface area (TPSA) is 42.7 Å². The van der Waals surface area contributed by atoms with E-state index in [0.29, 0.717) is 16.8 Å². The summed E-state index contributed by atoms with van der Waals surface area (Å²) in [7, 11) is 0. The molecule has 0 fully saturated rings. The maximum absolute atomic E-state index is 6.26. The first-order valence-corrected chi connectivity index (χ1v) is 6.82. The van der Waals surface area contributed by atoms with E-state index in [4.69, 9.17) is 11.6 Å². The molecule has 19 heavy (non-hydrogen) atoms. The molecule has 0 radical (unpaired) electrons. The normalized spacial score (nSPS) is 11.2. The highest BCUT2D eigenvalue weighted by Gasteiger charge is 2.07. The van der Waals surface area contributed by atoms with Gasteiger partial charge in [-0.25, -0.2) is 9.67 Å². The van der Waals surface area contributed by atoms with E-state index in [2.05, 4.69) is 29.2 Å². The Morgan fingerprint density at radius 2 is 2.21 bits per heavy atom. The Hall–Kier alpha value is -1.39. The van der Waals surface area contributed by atoms with Crippen LogP contribution in [-0.4, -0.2) is 21.3 Å². The van der Waals surface area contributed by atoms with E-state index < -0.39 is 0 Å². The van der Waals surface area contributed by atoms with E-state index in [9.17, 15) is 0 Å². The van der Waals surface area contributed by atoms with Crippen molar-refractivity contribution in [1.82, 2.24) is 20.1 Å². The summed E-state index contributed by atoms with van der Waals surface area (Å²) >= 11 is 6.26. The smallest absolute Gasteiger partial charge is 0.172 e. The van der Waals surface area contributed by atoms with Crippen LogP contribution in [0.3, 0.4) is 0 Å². The minimum atomic E-state index is 0.618. The first-order chi connectivity index (χ1) is 9.06. The summed E-state index contributed by atoms with van der Waals surface area (Å²) < 4.78 is 1.70. The molecule has 0 aliphatic carbocycles. The molecule has 2 aromatic heterocycles. The minimum Gasteiger partial charge on any atom is -0.312 e. The van der Waals surface area contributed by atoms with Crippen molar-refractivity contribution in [3.63, 3.8) is 0 Å². The van der Waals surface area contributed by atoms with Crippen LogP contribution in [0.4, 0.5) is 0 Å². The molecule has 0 aliphatic rings. The average molecular weight is 279 g/mol. The predicted octanol–water partition coefficient (Wildman–Crippen LogP) is 2.97. The molecule has 1 N–H and O–H groups in total. The molecule has 2 aromatic rings. The maximum atomic E-state index is 6.26. The van der Waals surface area contributed by atoms with Gasteiger partial charge in [-0.3, -0.25) is 0 Å². The van der Waals surface area contributed by atoms with E-state index in [1.807, 2.05) is 31.5 Å². The number of nitrogens with one attached hydrogen (secondary N) is 1. The van der Waals surface area contributed by atoms with Crippen molar-refractivity contribution >= 4 is 11.6 Å². The second-order valence-electron chi connectivity index (χ2n) is 5.08. The molecule has 4 nitrogen and oxygen atoms in total. The van der Waals surface area contributed by atoms with Crippen molar-refractivity contribution in [2.75, 3.05) is 6.54 Å². The molecule has 0 saturated heterocycles. The van der Waals surface area contributed by atoms with E-state index >= 15 is 0 Å². The van der Waals surface area contributed by atoms with Gasteiger partial charge in [0, 0.05) is 18.9 Å². The quantitative estimate of drug-likeness (QED) is 0.914. The lowest BCUT2D eigenvalue weighted by atomic mass is 10.2. The molecule has 0 amide bonds. The molecular weight excluding hydrogens is 260 g/mol. The molecule has 2 heterocycles. The van der Waals surface area contributed by atoms with Crippen molar-refractivity contribution in [3.8, 4) is 5.82 Å². The first-order valence-electron chi connectivity index (χ1n) is 6.44. The fraction of sp³-hybridized carbons (Fsp3) is 0.429. The highest BCUT2D eigenvalue weighted by atomic mass is 35.5. The summed E-state index contributed by atoms with van der Waals surface area (Å²) in [5.41, 5.74) is 2.03. The van der Waals surface area contributed by atoms with Crippen LogP contribution in [0.1, 0.15) is 25.1 Å². The number of aromatic nitrogens is 3. The molecule has 2 rings (SSSR count). The zero-order valence-corrected chi connectivity index (χ0v) is 12.3. The third kappa shape index (κ3) is 3.78. The lowest BCUT2D eigenvalue weighted by Crippen LogP contribution is -2.19. The third-order valence-electron chi connectivity index (χ3n) is 2.70. The van der Waals surface area contributed by atoms with Gasteiger partial charge in [-0.2, -0.15) is 5.10 Å². The maximum Gasteiger partial charge on any atom is 0.172 e. The largest absolute Gasteiger partial charge is 0.312 e. The molecule has 0 atom stereocenters. The van der Waals surface area contributed by atoms with Crippen LogP contribution >= 0.6 is 11.6 Å². The van der Waals surface area contributed by atoms with Crippen molar-refractivity contribution in [1.29, 1.82) is 0 Å². The Morgan fingerprint density at radius 1 is 1.42 bits per heavy atom. The Morgan fingerprint density at radius 3 is 2.79 bits per heavy atom. The van der Waals surface area contributed by atoms with Gasteiger partial charge >= 0.3 is 0 Å². The molecule has 0 saturated carbocycles. The van der Waals surface area contributed by atoms with E-state index in [-0.39, 0.29) is 0 Å². The van der Waals surface area contributed by atoms with E-state index in [1.165, 1.54) is 0 Å². The number of halogens is 1. The Labute approximate surface area is 118 Å². The Balaban J connectivity index is 2.09. The molecule has 0 aliphatic heterocycles. The lowest BCUT2D eigenvalue weighted by Gasteiger charge is -2.09. The van der Waals surface area contributed by atoms with Gasteiger partial charge in [0.05, 0.1) is 10.7 Å². The number of rotatable bonds is 5. The zero-order chi connectivity index (χ0) is 13.8. The lowest BCUT2D eigenvalue weighted by molar-refractivity contribution is 0.552. The van der Waals surface area contributed by atoms with Crippen molar-refractivity contribution in [2.24, 2.45) is 5.92 Å². The van der Waals surface area contributed by atoms with Crippen LogP contribution < -0.4 is 5.32 Å². The van der Waals surface area contributed by atoms with Gasteiger partial charge in [0.1, 0.15) is 0 Å². The SMILES string of the molecule is Cc1ccn(-c2ncc(CNCC(C)C)cc2Cl)n1. The summed E-state index contributed by atoms with van der Waals surface area (Å²) in [5, 5.41) is 8.30. The van der Waals surface area contributed by atoms with Gasteiger partial charge in [0.15, 0.2) is 5.82 Å². The van der Waals surface area contributed by atoms with E-state index in [1.54, 1.807) is 4.68 Å². The van der Waals surface area contributed by atoms with Gasteiger partial charge in [0.25, 0.3) is 0 Å². The Bertz CT molecular complexity index is 548. The second kappa shape index (κ2) is 6.17. The van der Waals surface area contributed by atoms with Gasteiger partial charge in [0.2, 0.25) is 0 Å². The van der Waals surface area contributed by atoms with Gasteiger partial charge in [-0.1, -0.05) is 25.4 Å². The van der Waals surface area contributed by atoms with Crippen molar-refractivity contribution in [2.45, 2.75) is 27.3 Å². The van der Waals surface area contributed by atoms with Crippen molar-refractivity contribution < 1.29 is 0 Å². The summed E-state index contributed by atoms with van der Waals surface area (Å²) in [4.78, 5) is 4.39. The highest BCUT2D eigenvalue weighted by Crippen LogP contribution is 2.18. The molecule has 102 valence electrons. The Kier molecular flexibility index (Phi) is 4.56. The first kappa shape index (κ1) is 14.0. The van der Waals surface area contributed by atoms with Crippen molar-refractivity contribution in [3.05, 3.63) is 40.8 Å². The zero-order valence-electron chi connectivity index (χ0n) is 11.5. The monoisotopic (exact) mass is 278 g/mol. The number of pyridine rings is 1. The van der Waals surface area contributed by atoms with Crippen LogP contribution in [0.5, 0.6) is 0 Å². The minimum absolute atomic E-state index is 0.618. The predicted molar refractivity (Wildman–Crippen MR) is 77.7 cm³/mol. The third-order valence-corrected chi connectivity index (χ3v) is 2.98.